The Hall–Kier alpha value is -3.40. The van der Waals surface area contributed by atoms with E-state index in [4.69, 9.17) is 20.9 Å². The predicted molar refractivity (Wildman–Crippen MR) is 112 cm³/mol. The number of ether oxygens (including phenoxy) is 2. The molecule has 2 aliphatic rings. The maximum Gasteiger partial charge on any atom is 0.437 e. The van der Waals surface area contributed by atoms with Crippen molar-refractivity contribution in [2.24, 2.45) is 16.5 Å². The number of carbonyl (C=O) groups is 1. The monoisotopic (exact) mass is 411 g/mol. The normalized spacial score (nSPS) is 15.9. The highest BCUT2D eigenvalue weighted by Crippen LogP contribution is 2.26. The van der Waals surface area contributed by atoms with Crippen LogP contribution in [0.4, 0.5) is 16.4 Å². The number of aliphatic imine (C=N–C) groups is 1. The zero-order valence-electron chi connectivity index (χ0n) is 16.8. The number of amides is 1. The maximum absolute atomic E-state index is 11.5. The minimum absolute atomic E-state index is 0.110. The molecule has 2 aliphatic heterocycles. The minimum Gasteiger partial charge on any atom is -0.443 e. The number of benzene rings is 1. The Morgan fingerprint density at radius 3 is 2.67 bits per heavy atom. The van der Waals surface area contributed by atoms with Gasteiger partial charge in [-0.1, -0.05) is 18.2 Å². The standard InChI is InChI=1S/C20H25N7O3/c1-29-17-10-27(11-17)19-23-7-16(8-24-19)26-5-4-14-3-2-13(6-15(14)9-26)12-30-20(28)25-18(21)22/h2-3,6-8,17H,4-5,9-12H2,1H3,(H4,21,22,25,28). The maximum atomic E-state index is 11.5. The van der Waals surface area contributed by atoms with Gasteiger partial charge in [0.05, 0.1) is 24.2 Å². The number of carbonyl (C=O) groups excluding carboxylic acids is 1. The first-order valence-corrected chi connectivity index (χ1v) is 9.73. The first-order chi connectivity index (χ1) is 14.5. The van der Waals surface area contributed by atoms with Gasteiger partial charge in [-0.15, -0.1) is 4.99 Å². The summed E-state index contributed by atoms with van der Waals surface area (Å²) < 4.78 is 10.4. The molecular weight excluding hydrogens is 386 g/mol. The molecule has 1 aromatic heterocycles. The van der Waals surface area contributed by atoms with E-state index in [1.54, 1.807) is 7.11 Å². The van der Waals surface area contributed by atoms with Crippen LogP contribution in [-0.4, -0.2) is 54.9 Å². The van der Waals surface area contributed by atoms with E-state index in [1.807, 2.05) is 24.5 Å². The van der Waals surface area contributed by atoms with Crippen LogP contribution in [0.15, 0.2) is 35.6 Å². The van der Waals surface area contributed by atoms with Gasteiger partial charge >= 0.3 is 6.09 Å². The van der Waals surface area contributed by atoms with Gasteiger partial charge in [0.1, 0.15) is 6.61 Å². The molecule has 1 fully saturated rings. The number of nitrogens with zero attached hydrogens (tertiary/aromatic N) is 5. The van der Waals surface area contributed by atoms with Crippen molar-refractivity contribution >= 4 is 23.7 Å². The Morgan fingerprint density at radius 2 is 1.97 bits per heavy atom. The van der Waals surface area contributed by atoms with Crippen LogP contribution in [0.5, 0.6) is 0 Å². The third-order valence-electron chi connectivity index (χ3n) is 5.32. The molecule has 1 amide bonds. The molecule has 0 radical (unpaired) electrons. The molecule has 30 heavy (non-hydrogen) atoms. The second-order valence-corrected chi connectivity index (χ2v) is 7.37. The zero-order valence-corrected chi connectivity index (χ0v) is 16.8. The zero-order chi connectivity index (χ0) is 21.1. The smallest absolute Gasteiger partial charge is 0.437 e. The lowest BCUT2D eigenvalue weighted by Crippen LogP contribution is -2.52. The molecule has 158 valence electrons. The molecule has 2 aromatic rings. The lowest BCUT2D eigenvalue weighted by molar-refractivity contribution is 0.0778. The summed E-state index contributed by atoms with van der Waals surface area (Å²) in [6, 6.07) is 6.08. The van der Waals surface area contributed by atoms with E-state index in [0.717, 1.165) is 49.8 Å². The Bertz CT molecular complexity index is 938. The summed E-state index contributed by atoms with van der Waals surface area (Å²) in [7, 11) is 1.72. The number of nitrogens with two attached hydrogens (primary N) is 2. The van der Waals surface area contributed by atoms with Gasteiger partial charge in [-0.3, -0.25) is 0 Å². The van der Waals surface area contributed by atoms with Gasteiger partial charge in [-0.2, -0.15) is 0 Å². The van der Waals surface area contributed by atoms with Crippen molar-refractivity contribution in [1.82, 2.24) is 9.97 Å². The van der Waals surface area contributed by atoms with Gasteiger partial charge in [-0.25, -0.2) is 14.8 Å². The largest absolute Gasteiger partial charge is 0.443 e. The van der Waals surface area contributed by atoms with Crippen molar-refractivity contribution in [3.05, 3.63) is 47.3 Å². The van der Waals surface area contributed by atoms with Crippen LogP contribution in [0, 0.1) is 0 Å². The number of aromatic nitrogens is 2. The van der Waals surface area contributed by atoms with Crippen LogP contribution in [0.2, 0.25) is 0 Å². The average Bonchev–Trinajstić information content (AvgIpc) is 2.71. The molecular formula is C20H25N7O3. The van der Waals surface area contributed by atoms with Crippen LogP contribution < -0.4 is 21.3 Å². The number of guanidine groups is 1. The van der Waals surface area contributed by atoms with Gasteiger partial charge in [0.15, 0.2) is 5.96 Å². The molecule has 3 heterocycles. The number of fused-ring (bicyclic) bond motifs is 1. The molecule has 4 rings (SSSR count). The summed E-state index contributed by atoms with van der Waals surface area (Å²) in [6.07, 6.45) is 4.13. The second kappa shape index (κ2) is 8.54. The van der Waals surface area contributed by atoms with Crippen molar-refractivity contribution in [3.8, 4) is 0 Å². The van der Waals surface area contributed by atoms with Crippen molar-refractivity contribution in [2.75, 3.05) is 36.5 Å². The number of rotatable bonds is 5. The van der Waals surface area contributed by atoms with Crippen molar-refractivity contribution in [2.45, 2.75) is 25.7 Å². The number of hydrogen-bond donors (Lipinski definition) is 2. The lowest BCUT2D eigenvalue weighted by atomic mass is 9.97. The van der Waals surface area contributed by atoms with Crippen molar-refractivity contribution in [3.63, 3.8) is 0 Å². The molecule has 0 aliphatic carbocycles. The molecule has 0 saturated carbocycles. The fourth-order valence-electron chi connectivity index (χ4n) is 3.59. The minimum atomic E-state index is -0.800. The topological polar surface area (TPSA) is 132 Å². The second-order valence-electron chi connectivity index (χ2n) is 7.37. The molecule has 1 aromatic carbocycles. The Balaban J connectivity index is 1.39. The first-order valence-electron chi connectivity index (χ1n) is 9.73. The number of methoxy groups -OCH3 is 1. The van der Waals surface area contributed by atoms with Gasteiger partial charge in [0.25, 0.3) is 0 Å². The molecule has 10 heteroatoms. The fourth-order valence-corrected chi connectivity index (χ4v) is 3.59. The van der Waals surface area contributed by atoms with Crippen LogP contribution in [-0.2, 0) is 29.0 Å². The molecule has 1 saturated heterocycles. The Kier molecular flexibility index (Phi) is 5.66. The molecule has 10 nitrogen and oxygen atoms in total. The van der Waals surface area contributed by atoms with E-state index in [2.05, 4.69) is 30.8 Å². The SMILES string of the molecule is COC1CN(c2ncc(N3CCc4ccc(COC(=O)N=C(N)N)cc4C3)cn2)C1. The molecule has 0 unspecified atom stereocenters. The highest BCUT2D eigenvalue weighted by Gasteiger charge is 2.28. The molecule has 0 bridgehead atoms. The van der Waals surface area contributed by atoms with E-state index in [1.165, 1.54) is 11.1 Å². The van der Waals surface area contributed by atoms with Crippen LogP contribution >= 0.6 is 0 Å². The van der Waals surface area contributed by atoms with Crippen molar-refractivity contribution < 1.29 is 14.3 Å². The summed E-state index contributed by atoms with van der Waals surface area (Å²) in [5.74, 6) is 0.413. The highest BCUT2D eigenvalue weighted by atomic mass is 16.5. The van der Waals surface area contributed by atoms with Crippen LogP contribution in [0.3, 0.4) is 0 Å². The summed E-state index contributed by atoms with van der Waals surface area (Å²) in [6.45, 7) is 3.39. The predicted octanol–water partition coefficient (Wildman–Crippen LogP) is 0.784. The lowest BCUT2D eigenvalue weighted by Gasteiger charge is -2.38. The van der Waals surface area contributed by atoms with Gasteiger partial charge in [0.2, 0.25) is 5.95 Å². The van der Waals surface area contributed by atoms with E-state index in [-0.39, 0.29) is 18.7 Å². The molecule has 0 spiro atoms. The fraction of sp³-hybridized carbons (Fsp3) is 0.400. The first kappa shape index (κ1) is 19.9. The van der Waals surface area contributed by atoms with Crippen molar-refractivity contribution in [1.29, 1.82) is 0 Å². The van der Waals surface area contributed by atoms with Gasteiger partial charge < -0.3 is 30.7 Å². The number of anilines is 2. The van der Waals surface area contributed by atoms with Gasteiger partial charge in [-0.05, 0) is 23.1 Å². The third-order valence-corrected chi connectivity index (χ3v) is 5.32. The Morgan fingerprint density at radius 1 is 1.20 bits per heavy atom. The molecule has 4 N–H and O–H groups in total. The van der Waals surface area contributed by atoms with Crippen LogP contribution in [0.25, 0.3) is 0 Å². The van der Waals surface area contributed by atoms with E-state index in [0.29, 0.717) is 0 Å². The summed E-state index contributed by atoms with van der Waals surface area (Å²) in [4.78, 5) is 28.2. The quantitative estimate of drug-likeness (QED) is 0.541. The Labute approximate surface area is 174 Å². The van der Waals surface area contributed by atoms with Crippen LogP contribution in [0.1, 0.15) is 16.7 Å². The summed E-state index contributed by atoms with van der Waals surface area (Å²) >= 11 is 0. The van der Waals surface area contributed by atoms with E-state index < -0.39 is 6.09 Å². The molecule has 0 atom stereocenters. The van der Waals surface area contributed by atoms with Gasteiger partial charge in [0, 0.05) is 33.3 Å². The number of hydrogen-bond acceptors (Lipinski definition) is 7. The summed E-state index contributed by atoms with van der Waals surface area (Å²) in [5.41, 5.74) is 14.7. The average molecular weight is 411 g/mol. The van der Waals surface area contributed by atoms with E-state index >= 15 is 0 Å². The van der Waals surface area contributed by atoms with E-state index in [9.17, 15) is 4.79 Å². The summed E-state index contributed by atoms with van der Waals surface area (Å²) in [5, 5.41) is 0. The third kappa shape index (κ3) is 4.43. The highest BCUT2D eigenvalue weighted by molar-refractivity contribution is 5.87.